The Balaban J connectivity index is 1.27. The minimum atomic E-state index is 0.230. The van der Waals surface area contributed by atoms with Crippen molar-refractivity contribution in [1.82, 2.24) is 9.97 Å². The van der Waals surface area contributed by atoms with Gasteiger partial charge in [0.25, 0.3) is 0 Å². The third kappa shape index (κ3) is 5.73. The molecule has 0 spiro atoms. The lowest BCUT2D eigenvalue weighted by Crippen LogP contribution is -2.14. The topological polar surface area (TPSA) is 86.1 Å². The molecule has 28 heavy (non-hydrogen) atoms. The fourth-order valence-corrected chi connectivity index (χ4v) is 2.61. The zero-order valence-electron chi connectivity index (χ0n) is 15.5. The molecule has 0 saturated carbocycles. The van der Waals surface area contributed by atoms with Crippen LogP contribution in [-0.2, 0) is 9.47 Å². The molecule has 3 rings (SSSR count). The zero-order chi connectivity index (χ0) is 19.4. The Labute approximate surface area is 163 Å². The van der Waals surface area contributed by atoms with E-state index in [1.54, 1.807) is 0 Å². The summed E-state index contributed by atoms with van der Waals surface area (Å²) < 4.78 is 16.8. The Kier molecular flexibility index (Phi) is 7.72. The van der Waals surface area contributed by atoms with E-state index in [1.165, 1.54) is 6.33 Å². The standard InChI is InChI=1S/C21H23N3O4/c25-24-20(17-7-2-1-3-8-17)15-27-14-13-26-11-6-12-28-21-18-9-4-5-10-19(18)22-16-23-21/h1-5,7-10,16,25H,6,11-15H2/b24-20+. The predicted octanol–water partition coefficient (Wildman–Crippen LogP) is 3.31. The fraction of sp³-hybridized carbons (Fsp3) is 0.286. The molecule has 1 heterocycles. The fourth-order valence-electron chi connectivity index (χ4n) is 2.61. The van der Waals surface area contributed by atoms with Gasteiger partial charge in [0, 0.05) is 18.6 Å². The number of nitrogens with zero attached hydrogens (tertiary/aromatic N) is 3. The molecule has 0 amide bonds. The van der Waals surface area contributed by atoms with Crippen molar-refractivity contribution in [2.75, 3.05) is 33.0 Å². The van der Waals surface area contributed by atoms with Crippen molar-refractivity contribution in [3.63, 3.8) is 0 Å². The van der Waals surface area contributed by atoms with Gasteiger partial charge in [0.1, 0.15) is 12.0 Å². The van der Waals surface area contributed by atoms with E-state index >= 15 is 0 Å². The highest BCUT2D eigenvalue weighted by molar-refractivity contribution is 6.01. The first-order chi connectivity index (χ1) is 13.9. The van der Waals surface area contributed by atoms with Gasteiger partial charge < -0.3 is 19.4 Å². The summed E-state index contributed by atoms with van der Waals surface area (Å²) in [6.45, 7) is 2.18. The van der Waals surface area contributed by atoms with Crippen molar-refractivity contribution < 1.29 is 19.4 Å². The van der Waals surface area contributed by atoms with E-state index in [0.29, 0.717) is 38.0 Å². The van der Waals surface area contributed by atoms with Gasteiger partial charge in [0.15, 0.2) is 0 Å². The molecule has 0 fully saturated rings. The summed E-state index contributed by atoms with van der Waals surface area (Å²) in [5.41, 5.74) is 2.19. The minimum absolute atomic E-state index is 0.230. The lowest BCUT2D eigenvalue weighted by atomic mass is 10.1. The maximum Gasteiger partial charge on any atom is 0.224 e. The molecule has 0 saturated heterocycles. The molecule has 3 aromatic rings. The lowest BCUT2D eigenvalue weighted by molar-refractivity contribution is 0.0559. The van der Waals surface area contributed by atoms with E-state index in [1.807, 2.05) is 54.6 Å². The second-order valence-electron chi connectivity index (χ2n) is 5.98. The quantitative estimate of drug-likeness (QED) is 0.237. The number of rotatable bonds is 11. The normalized spacial score (nSPS) is 11.6. The summed E-state index contributed by atoms with van der Waals surface area (Å²) in [5.74, 6) is 0.589. The summed E-state index contributed by atoms with van der Waals surface area (Å²) in [6.07, 6.45) is 2.25. The Bertz CT molecular complexity index is 882. The maximum atomic E-state index is 9.09. The molecule has 1 N–H and O–H groups in total. The molecular formula is C21H23N3O4. The van der Waals surface area contributed by atoms with E-state index in [9.17, 15) is 0 Å². The second-order valence-corrected chi connectivity index (χ2v) is 5.98. The Morgan fingerprint density at radius 2 is 1.64 bits per heavy atom. The maximum absolute atomic E-state index is 9.09. The first kappa shape index (κ1) is 19.7. The van der Waals surface area contributed by atoms with E-state index in [0.717, 1.165) is 22.9 Å². The van der Waals surface area contributed by atoms with Crippen molar-refractivity contribution in [3.8, 4) is 5.88 Å². The van der Waals surface area contributed by atoms with Crippen molar-refractivity contribution in [1.29, 1.82) is 0 Å². The van der Waals surface area contributed by atoms with Crippen LogP contribution >= 0.6 is 0 Å². The zero-order valence-corrected chi connectivity index (χ0v) is 15.5. The number of benzene rings is 2. The van der Waals surface area contributed by atoms with Crippen molar-refractivity contribution in [3.05, 3.63) is 66.5 Å². The van der Waals surface area contributed by atoms with Gasteiger partial charge in [-0.2, -0.15) is 0 Å². The van der Waals surface area contributed by atoms with Crippen molar-refractivity contribution in [2.24, 2.45) is 5.16 Å². The second kappa shape index (κ2) is 11.0. The molecule has 146 valence electrons. The average Bonchev–Trinajstić information content (AvgIpc) is 2.76. The number of aromatic nitrogens is 2. The van der Waals surface area contributed by atoms with Gasteiger partial charge in [-0.3, -0.25) is 0 Å². The number of fused-ring (bicyclic) bond motifs is 1. The number of hydrogen-bond donors (Lipinski definition) is 1. The van der Waals surface area contributed by atoms with Crippen LogP contribution in [0.3, 0.4) is 0 Å². The first-order valence-electron chi connectivity index (χ1n) is 9.13. The van der Waals surface area contributed by atoms with E-state index in [4.69, 9.17) is 19.4 Å². The predicted molar refractivity (Wildman–Crippen MR) is 106 cm³/mol. The van der Waals surface area contributed by atoms with Crippen LogP contribution in [0.15, 0.2) is 66.1 Å². The highest BCUT2D eigenvalue weighted by Gasteiger charge is 2.05. The molecule has 1 aromatic heterocycles. The van der Waals surface area contributed by atoms with Gasteiger partial charge in [0.2, 0.25) is 5.88 Å². The molecule has 0 unspecified atom stereocenters. The third-order valence-electron chi connectivity index (χ3n) is 4.02. The monoisotopic (exact) mass is 381 g/mol. The summed E-state index contributed by atoms with van der Waals surface area (Å²) in [4.78, 5) is 8.40. The Morgan fingerprint density at radius 3 is 2.50 bits per heavy atom. The Morgan fingerprint density at radius 1 is 0.857 bits per heavy atom. The van der Waals surface area contributed by atoms with Gasteiger partial charge >= 0.3 is 0 Å². The highest BCUT2D eigenvalue weighted by Crippen LogP contribution is 2.20. The SMILES string of the molecule is O/N=C(\COCCOCCCOc1ncnc2ccccc12)c1ccccc1. The summed E-state index contributed by atoms with van der Waals surface area (Å²) in [6, 6.07) is 17.2. The van der Waals surface area contributed by atoms with Gasteiger partial charge in [-0.05, 0) is 12.1 Å². The van der Waals surface area contributed by atoms with Gasteiger partial charge in [-0.25, -0.2) is 9.97 Å². The summed E-state index contributed by atoms with van der Waals surface area (Å²) in [5, 5.41) is 13.3. The van der Waals surface area contributed by atoms with Gasteiger partial charge in [-0.1, -0.05) is 47.6 Å². The number of para-hydroxylation sites is 1. The number of oxime groups is 1. The highest BCUT2D eigenvalue weighted by atomic mass is 16.5. The van der Waals surface area contributed by atoms with Crippen LogP contribution < -0.4 is 4.74 Å². The Hall–Kier alpha value is -3.03. The molecule has 0 aliphatic rings. The van der Waals surface area contributed by atoms with Gasteiger partial charge in [0.05, 0.1) is 37.3 Å². The number of hydrogen-bond acceptors (Lipinski definition) is 7. The lowest BCUT2D eigenvalue weighted by Gasteiger charge is -2.09. The number of ether oxygens (including phenoxy) is 3. The van der Waals surface area contributed by atoms with E-state index in [2.05, 4.69) is 15.1 Å². The van der Waals surface area contributed by atoms with Crippen LogP contribution in [0.25, 0.3) is 10.9 Å². The van der Waals surface area contributed by atoms with Crippen LogP contribution in [0.1, 0.15) is 12.0 Å². The molecule has 0 aliphatic carbocycles. The average molecular weight is 381 g/mol. The largest absolute Gasteiger partial charge is 0.477 e. The van der Waals surface area contributed by atoms with Crippen molar-refractivity contribution in [2.45, 2.75) is 6.42 Å². The van der Waals surface area contributed by atoms with Crippen LogP contribution in [0, 0.1) is 0 Å². The van der Waals surface area contributed by atoms with Crippen LogP contribution in [0.4, 0.5) is 0 Å². The van der Waals surface area contributed by atoms with E-state index < -0.39 is 0 Å². The van der Waals surface area contributed by atoms with E-state index in [-0.39, 0.29) is 6.61 Å². The van der Waals surface area contributed by atoms with Gasteiger partial charge in [-0.15, -0.1) is 0 Å². The molecule has 2 aromatic carbocycles. The first-order valence-corrected chi connectivity index (χ1v) is 9.13. The summed E-state index contributed by atoms with van der Waals surface area (Å²) in [7, 11) is 0. The molecule has 0 radical (unpaired) electrons. The minimum Gasteiger partial charge on any atom is -0.477 e. The summed E-state index contributed by atoms with van der Waals surface area (Å²) >= 11 is 0. The van der Waals surface area contributed by atoms with Crippen molar-refractivity contribution >= 4 is 16.6 Å². The van der Waals surface area contributed by atoms with Crippen LogP contribution in [-0.4, -0.2) is 53.9 Å². The smallest absolute Gasteiger partial charge is 0.224 e. The van der Waals surface area contributed by atoms with Crippen LogP contribution in [0.5, 0.6) is 5.88 Å². The van der Waals surface area contributed by atoms with Crippen LogP contribution in [0.2, 0.25) is 0 Å². The third-order valence-corrected chi connectivity index (χ3v) is 4.02. The molecule has 0 aliphatic heterocycles. The molecule has 0 bridgehead atoms. The molecule has 0 atom stereocenters. The molecule has 7 heteroatoms. The molecular weight excluding hydrogens is 358 g/mol. The molecule has 7 nitrogen and oxygen atoms in total.